The monoisotopic (exact) mass is 694 g/mol. The zero-order chi connectivity index (χ0) is 13.4. The largest absolute Gasteiger partial charge is 0.245 e. The van der Waals surface area contributed by atoms with Crippen molar-refractivity contribution in [3.63, 3.8) is 0 Å². The Morgan fingerprint density at radius 3 is 1.60 bits per heavy atom. The van der Waals surface area contributed by atoms with E-state index in [0.29, 0.717) is 11.8 Å². The number of benzene rings is 1. The maximum Gasteiger partial charge on any atom is 0 e. The molecule has 0 saturated heterocycles. The minimum absolute atomic E-state index is 0. The summed E-state index contributed by atoms with van der Waals surface area (Å²) in [6, 6.07) is 8.73. The Hall–Kier alpha value is -1.90. The number of rotatable bonds is 8. The molecule has 107 valence electrons. The molecule has 0 aliphatic rings. The first-order chi connectivity index (χ1) is 8.67. The molecule has 1 aromatic rings. The van der Waals surface area contributed by atoms with Gasteiger partial charge >= 0.3 is 0 Å². The van der Waals surface area contributed by atoms with E-state index < -0.39 is 0 Å². The van der Waals surface area contributed by atoms with E-state index in [4.69, 9.17) is 0 Å². The molecule has 0 aromatic heterocycles. The maximum absolute atomic E-state index is 3.77. The summed E-state index contributed by atoms with van der Waals surface area (Å²) in [4.78, 5) is 0. The molecular formula is C18H24ReRf-2. The molecule has 0 N–H and O–H groups in total. The van der Waals surface area contributed by atoms with Crippen molar-refractivity contribution in [2.75, 3.05) is 0 Å². The van der Waals surface area contributed by atoms with E-state index in [9.17, 15) is 0 Å². The Bertz CT molecular complexity index is 350. The molecule has 2 heteroatoms. The third-order valence-electron chi connectivity index (χ3n) is 3.13. The smallest absolute Gasteiger partial charge is 0 e. The standard InChI is InChI=1S/C18H24.Re.Rf/c1-5-9-15(3)13-17-11-7-8-12-18(17)14-16(4)10-6-2;;/h5-12,15-16H,1-2,13-14H2,3-4H3;;/q-2;;. The van der Waals surface area contributed by atoms with Gasteiger partial charge in [0.15, 0.2) is 0 Å². The van der Waals surface area contributed by atoms with Gasteiger partial charge in [-0.2, -0.15) is 0 Å². The van der Waals surface area contributed by atoms with Crippen molar-refractivity contribution in [2.24, 2.45) is 11.8 Å². The van der Waals surface area contributed by atoms with Crippen LogP contribution in [0.15, 0.2) is 49.6 Å². The SMILES string of the molecule is C=C[CH-]C(C)Cc1ccccc1CC(C)[CH-]C=C.[Re].[Rf]. The van der Waals surface area contributed by atoms with Crippen LogP contribution in [0.3, 0.4) is 0 Å². The first kappa shape index (κ1) is 20.4. The van der Waals surface area contributed by atoms with Crippen LogP contribution in [0.4, 0.5) is 0 Å². The van der Waals surface area contributed by atoms with Gasteiger partial charge < -0.3 is 0 Å². The van der Waals surface area contributed by atoms with Crippen LogP contribution in [0.25, 0.3) is 0 Å². The second-order valence-corrected chi connectivity index (χ2v) is 4.99. The van der Waals surface area contributed by atoms with Crippen molar-refractivity contribution in [3.8, 4) is 0 Å². The van der Waals surface area contributed by atoms with E-state index in [0.717, 1.165) is 12.8 Å². The van der Waals surface area contributed by atoms with E-state index in [1.807, 2.05) is 12.2 Å². The van der Waals surface area contributed by atoms with Crippen molar-refractivity contribution < 1.29 is 20.4 Å². The molecule has 0 bridgehead atoms. The van der Waals surface area contributed by atoms with Gasteiger partial charge in [-0.3, -0.25) is 0 Å². The van der Waals surface area contributed by atoms with Crippen LogP contribution in [-0.2, 0) is 33.3 Å². The predicted molar refractivity (Wildman–Crippen MR) is 81.2 cm³/mol. The number of hydrogen-bond donors (Lipinski definition) is 0. The molecular weight excluding hydrogens is 669 g/mol. The van der Waals surface area contributed by atoms with E-state index in [1.54, 1.807) is 0 Å². The van der Waals surface area contributed by atoms with Crippen LogP contribution in [0.5, 0.6) is 0 Å². The molecule has 2 atom stereocenters. The summed E-state index contributed by atoms with van der Waals surface area (Å²) in [6.45, 7) is 12.0. The summed E-state index contributed by atoms with van der Waals surface area (Å²) in [6.07, 6.45) is 10.3. The molecule has 0 amide bonds. The van der Waals surface area contributed by atoms with Crippen LogP contribution >= 0.6 is 0 Å². The molecule has 0 aliphatic carbocycles. The average Bonchev–Trinajstić information content (AvgIpc) is 2.32. The Kier molecular flexibility index (Phi) is 11.2. The third kappa shape index (κ3) is 6.88. The minimum atomic E-state index is 0. The summed E-state index contributed by atoms with van der Waals surface area (Å²) in [5.41, 5.74) is 2.90. The Balaban J connectivity index is 0. The second-order valence-electron chi connectivity index (χ2n) is 4.99. The van der Waals surface area contributed by atoms with Gasteiger partial charge in [0, 0.05) is 20.4 Å². The average molecular weight is 694 g/mol. The van der Waals surface area contributed by atoms with Crippen LogP contribution in [0, 0.1) is 24.7 Å². The fourth-order valence-corrected chi connectivity index (χ4v) is 2.25. The second kappa shape index (κ2) is 11.0. The normalized spacial score (nSPS) is 12.1. The molecule has 0 saturated carbocycles. The Morgan fingerprint density at radius 2 is 1.30 bits per heavy atom. The molecule has 1 rings (SSSR count). The first-order valence-corrected chi connectivity index (χ1v) is 6.66. The third-order valence-corrected chi connectivity index (χ3v) is 3.13. The molecule has 2 unspecified atom stereocenters. The summed E-state index contributed by atoms with van der Waals surface area (Å²) in [5, 5.41) is 0. The van der Waals surface area contributed by atoms with E-state index >= 15 is 0 Å². The van der Waals surface area contributed by atoms with Crippen molar-refractivity contribution in [2.45, 2.75) is 26.7 Å². The summed E-state index contributed by atoms with van der Waals surface area (Å²) in [5.74, 6) is 1.09. The van der Waals surface area contributed by atoms with Gasteiger partial charge in [-0.15, -0.1) is 0 Å². The first-order valence-electron chi connectivity index (χ1n) is 6.66. The molecule has 20 heavy (non-hydrogen) atoms. The minimum Gasteiger partial charge on any atom is -0.245 e. The fraction of sp³-hybridized carbons (Fsp3) is 0.333. The van der Waals surface area contributed by atoms with Gasteiger partial charge in [0.05, 0.1) is 0 Å². The van der Waals surface area contributed by atoms with Crippen LogP contribution < -0.4 is 0 Å². The van der Waals surface area contributed by atoms with E-state index in [-0.39, 0.29) is 20.4 Å². The zero-order valence-corrected chi connectivity index (χ0v) is 21.8. The summed E-state index contributed by atoms with van der Waals surface area (Å²) >= 11 is 0. The number of hydrogen-bond acceptors (Lipinski definition) is 0. The van der Waals surface area contributed by atoms with Crippen molar-refractivity contribution >= 4 is 0 Å². The molecule has 1 radical (unpaired) electrons. The Morgan fingerprint density at radius 1 is 0.950 bits per heavy atom. The molecule has 0 nitrogen and oxygen atoms in total. The van der Waals surface area contributed by atoms with Crippen LogP contribution in [0.1, 0.15) is 25.0 Å². The van der Waals surface area contributed by atoms with Gasteiger partial charge in [0.1, 0.15) is 0 Å². The topological polar surface area (TPSA) is 0 Å². The summed E-state index contributed by atoms with van der Waals surface area (Å²) in [7, 11) is 0. The molecule has 0 heterocycles. The van der Waals surface area contributed by atoms with Gasteiger partial charge in [-0.1, -0.05) is 49.9 Å². The zero-order valence-electron chi connectivity index (χ0n) is 12.7. The van der Waals surface area contributed by atoms with Gasteiger partial charge in [-0.25, -0.2) is 38.2 Å². The fourth-order valence-electron chi connectivity index (χ4n) is 2.25. The number of allylic oxidation sites excluding steroid dienone is 2. The van der Waals surface area contributed by atoms with Crippen LogP contribution in [0.2, 0.25) is 0 Å². The van der Waals surface area contributed by atoms with E-state index in [2.05, 4.69) is 64.1 Å². The maximum atomic E-state index is 3.77. The Labute approximate surface area is 132 Å². The van der Waals surface area contributed by atoms with Gasteiger partial charge in [0.2, 0.25) is 0 Å². The van der Waals surface area contributed by atoms with Crippen molar-refractivity contribution in [3.05, 3.63) is 73.5 Å². The molecule has 0 fully saturated rings. The van der Waals surface area contributed by atoms with Gasteiger partial charge in [-0.05, 0) is 24.0 Å². The van der Waals surface area contributed by atoms with Crippen molar-refractivity contribution in [1.82, 2.24) is 0 Å². The van der Waals surface area contributed by atoms with E-state index in [1.165, 1.54) is 11.1 Å². The van der Waals surface area contributed by atoms with Crippen LogP contribution in [-0.4, -0.2) is 0 Å². The predicted octanol–water partition coefficient (Wildman–Crippen LogP) is 4.82. The van der Waals surface area contributed by atoms with Crippen molar-refractivity contribution in [1.29, 1.82) is 0 Å². The molecule has 0 aliphatic heterocycles. The quantitative estimate of drug-likeness (QED) is 0.343. The molecule has 0 spiro atoms. The molecule has 1 aromatic carbocycles. The summed E-state index contributed by atoms with van der Waals surface area (Å²) < 4.78 is 0. The van der Waals surface area contributed by atoms with Gasteiger partial charge in [0.25, 0.3) is 0 Å².